The lowest BCUT2D eigenvalue weighted by molar-refractivity contribution is 0.460. The summed E-state index contributed by atoms with van der Waals surface area (Å²) in [5, 5.41) is 7.42. The highest BCUT2D eigenvalue weighted by Crippen LogP contribution is 2.05. The first-order chi connectivity index (χ1) is 5.93. The van der Waals surface area contributed by atoms with Crippen LogP contribution in [-0.2, 0) is 6.42 Å². The Labute approximate surface area is 76.6 Å². The van der Waals surface area contributed by atoms with Gasteiger partial charge in [-0.05, 0) is 48.3 Å². The summed E-state index contributed by atoms with van der Waals surface area (Å²) in [6, 6.07) is 2.13. The van der Waals surface area contributed by atoms with Crippen molar-refractivity contribution in [2.45, 2.75) is 12.8 Å². The van der Waals surface area contributed by atoms with Gasteiger partial charge in [-0.2, -0.15) is 11.3 Å². The third-order valence-electron chi connectivity index (χ3n) is 1.66. The highest BCUT2D eigenvalue weighted by molar-refractivity contribution is 7.07. The highest BCUT2D eigenvalue weighted by atomic mass is 32.1. The molecule has 0 unspecified atom stereocenters. The molecule has 1 rings (SSSR count). The van der Waals surface area contributed by atoms with Gasteiger partial charge in [-0.15, -0.1) is 0 Å². The maximum atomic E-state index is 11.7. The number of nitrogens with one attached hydrogen (secondary N) is 1. The first-order valence-corrected chi connectivity index (χ1v) is 5.15. The molecule has 0 aliphatic rings. The average Bonchev–Trinajstić information content (AvgIpc) is 2.57. The number of rotatable bonds is 6. The zero-order valence-corrected chi connectivity index (χ0v) is 7.87. The lowest BCUT2D eigenvalue weighted by Gasteiger charge is -2.00. The van der Waals surface area contributed by atoms with E-state index in [4.69, 9.17) is 0 Å². The van der Waals surface area contributed by atoms with Crippen molar-refractivity contribution in [1.82, 2.24) is 5.32 Å². The molecular weight excluding hydrogens is 173 g/mol. The largest absolute Gasteiger partial charge is 0.316 e. The van der Waals surface area contributed by atoms with Crippen LogP contribution in [0.3, 0.4) is 0 Å². The predicted octanol–water partition coefficient (Wildman–Crippen LogP) is 2.24. The van der Waals surface area contributed by atoms with Gasteiger partial charge in [0.2, 0.25) is 0 Å². The maximum absolute atomic E-state index is 11.7. The van der Waals surface area contributed by atoms with Crippen molar-refractivity contribution in [2.75, 3.05) is 19.8 Å². The fourth-order valence-electron chi connectivity index (χ4n) is 0.984. The molecule has 68 valence electrons. The topological polar surface area (TPSA) is 12.0 Å². The minimum atomic E-state index is -0.217. The van der Waals surface area contributed by atoms with Crippen molar-refractivity contribution < 1.29 is 4.39 Å². The fraction of sp³-hybridized carbons (Fsp3) is 0.556. The van der Waals surface area contributed by atoms with Gasteiger partial charge in [0.1, 0.15) is 0 Å². The number of alkyl halides is 1. The standard InChI is InChI=1S/C9H14FNS/c10-4-1-5-11-6-2-9-3-7-12-8-9/h3,7-8,11H,1-2,4-6H2. The van der Waals surface area contributed by atoms with Gasteiger partial charge in [0.25, 0.3) is 0 Å². The molecule has 1 aromatic heterocycles. The van der Waals surface area contributed by atoms with Crippen LogP contribution >= 0.6 is 11.3 Å². The zero-order valence-electron chi connectivity index (χ0n) is 7.05. The molecule has 1 heterocycles. The van der Waals surface area contributed by atoms with Crippen LogP contribution in [0.4, 0.5) is 4.39 Å². The normalized spacial score (nSPS) is 10.4. The van der Waals surface area contributed by atoms with Gasteiger partial charge in [0.15, 0.2) is 0 Å². The first-order valence-electron chi connectivity index (χ1n) is 4.21. The summed E-state index contributed by atoms with van der Waals surface area (Å²) in [5.74, 6) is 0. The molecule has 0 fully saturated rings. The van der Waals surface area contributed by atoms with Crippen molar-refractivity contribution in [3.63, 3.8) is 0 Å². The third-order valence-corrected chi connectivity index (χ3v) is 2.39. The van der Waals surface area contributed by atoms with Crippen molar-refractivity contribution in [1.29, 1.82) is 0 Å². The third kappa shape index (κ3) is 3.83. The molecule has 0 saturated carbocycles. The van der Waals surface area contributed by atoms with Gasteiger partial charge in [-0.1, -0.05) is 0 Å². The molecule has 0 aliphatic carbocycles. The smallest absolute Gasteiger partial charge is 0.0906 e. The van der Waals surface area contributed by atoms with Gasteiger partial charge in [-0.25, -0.2) is 0 Å². The van der Waals surface area contributed by atoms with E-state index < -0.39 is 0 Å². The Bertz CT molecular complexity index is 186. The van der Waals surface area contributed by atoms with E-state index in [1.165, 1.54) is 5.56 Å². The molecule has 0 saturated heterocycles. The molecule has 1 N–H and O–H groups in total. The first kappa shape index (κ1) is 9.68. The highest BCUT2D eigenvalue weighted by Gasteiger charge is 1.91. The van der Waals surface area contributed by atoms with E-state index in [1.807, 2.05) is 0 Å². The monoisotopic (exact) mass is 187 g/mol. The van der Waals surface area contributed by atoms with Crippen LogP contribution in [0.2, 0.25) is 0 Å². The van der Waals surface area contributed by atoms with E-state index in [0.29, 0.717) is 6.42 Å². The second kappa shape index (κ2) is 6.14. The Hall–Kier alpha value is -0.410. The Morgan fingerprint density at radius 2 is 2.33 bits per heavy atom. The molecule has 0 radical (unpaired) electrons. The molecule has 12 heavy (non-hydrogen) atoms. The van der Waals surface area contributed by atoms with Crippen LogP contribution in [0.25, 0.3) is 0 Å². The minimum Gasteiger partial charge on any atom is -0.316 e. The Kier molecular flexibility index (Phi) is 4.95. The fourth-order valence-corrected chi connectivity index (χ4v) is 1.69. The summed E-state index contributed by atoms with van der Waals surface area (Å²) in [6.07, 6.45) is 1.68. The Balaban J connectivity index is 1.96. The molecule has 1 nitrogen and oxygen atoms in total. The number of thiophene rings is 1. The number of hydrogen-bond donors (Lipinski definition) is 1. The Morgan fingerprint density at radius 1 is 1.42 bits per heavy atom. The average molecular weight is 187 g/mol. The van der Waals surface area contributed by atoms with Crippen LogP contribution in [0.5, 0.6) is 0 Å². The van der Waals surface area contributed by atoms with E-state index in [0.717, 1.165) is 19.5 Å². The second-order valence-electron chi connectivity index (χ2n) is 2.67. The summed E-state index contributed by atoms with van der Waals surface area (Å²) in [6.45, 7) is 1.53. The van der Waals surface area contributed by atoms with E-state index in [1.54, 1.807) is 11.3 Å². The summed E-state index contributed by atoms with van der Waals surface area (Å²) in [5.41, 5.74) is 1.37. The van der Waals surface area contributed by atoms with E-state index in [2.05, 4.69) is 22.1 Å². The summed E-state index contributed by atoms with van der Waals surface area (Å²) < 4.78 is 11.7. The lowest BCUT2D eigenvalue weighted by atomic mass is 10.2. The molecule has 0 bridgehead atoms. The van der Waals surface area contributed by atoms with Crippen LogP contribution in [0.15, 0.2) is 16.8 Å². The van der Waals surface area contributed by atoms with Gasteiger partial charge in [0.05, 0.1) is 6.67 Å². The van der Waals surface area contributed by atoms with E-state index in [-0.39, 0.29) is 6.67 Å². The molecule has 1 aromatic rings. The van der Waals surface area contributed by atoms with Crippen molar-refractivity contribution in [2.24, 2.45) is 0 Å². The summed E-state index contributed by atoms with van der Waals surface area (Å²) >= 11 is 1.72. The van der Waals surface area contributed by atoms with Gasteiger partial charge in [-0.3, -0.25) is 4.39 Å². The minimum absolute atomic E-state index is 0.217. The Morgan fingerprint density at radius 3 is 3.00 bits per heavy atom. The van der Waals surface area contributed by atoms with Crippen molar-refractivity contribution in [3.05, 3.63) is 22.4 Å². The molecule has 0 aliphatic heterocycles. The molecular formula is C9H14FNS. The second-order valence-corrected chi connectivity index (χ2v) is 3.45. The van der Waals surface area contributed by atoms with Gasteiger partial charge < -0.3 is 5.32 Å². The molecule has 0 aromatic carbocycles. The predicted molar refractivity (Wildman–Crippen MR) is 51.5 cm³/mol. The van der Waals surface area contributed by atoms with Crippen LogP contribution in [0.1, 0.15) is 12.0 Å². The molecule has 3 heteroatoms. The van der Waals surface area contributed by atoms with Gasteiger partial charge in [0, 0.05) is 0 Å². The SMILES string of the molecule is FCCCNCCc1ccsc1. The zero-order chi connectivity index (χ0) is 8.65. The molecule has 0 spiro atoms. The van der Waals surface area contributed by atoms with E-state index >= 15 is 0 Å². The number of halogens is 1. The van der Waals surface area contributed by atoms with Gasteiger partial charge >= 0.3 is 0 Å². The molecule has 0 atom stereocenters. The number of hydrogen-bond acceptors (Lipinski definition) is 2. The molecule has 0 amide bonds. The quantitative estimate of drug-likeness (QED) is 0.673. The van der Waals surface area contributed by atoms with Crippen LogP contribution in [-0.4, -0.2) is 19.8 Å². The van der Waals surface area contributed by atoms with Crippen LogP contribution < -0.4 is 5.32 Å². The van der Waals surface area contributed by atoms with E-state index in [9.17, 15) is 4.39 Å². The maximum Gasteiger partial charge on any atom is 0.0906 e. The lowest BCUT2D eigenvalue weighted by Crippen LogP contribution is -2.18. The van der Waals surface area contributed by atoms with Crippen molar-refractivity contribution >= 4 is 11.3 Å². The van der Waals surface area contributed by atoms with Crippen molar-refractivity contribution in [3.8, 4) is 0 Å². The summed E-state index contributed by atoms with van der Waals surface area (Å²) in [7, 11) is 0. The summed E-state index contributed by atoms with van der Waals surface area (Å²) in [4.78, 5) is 0. The van der Waals surface area contributed by atoms with Crippen LogP contribution in [0, 0.1) is 0 Å².